The lowest BCUT2D eigenvalue weighted by molar-refractivity contribution is -0.118. The van der Waals surface area contributed by atoms with E-state index in [-0.39, 0.29) is 11.8 Å². The number of carbonyl (C=O) groups is 3. The summed E-state index contributed by atoms with van der Waals surface area (Å²) in [6.45, 7) is 0. The van der Waals surface area contributed by atoms with Gasteiger partial charge in [0.1, 0.15) is 12.2 Å². The monoisotopic (exact) mass is 575 g/mol. The van der Waals surface area contributed by atoms with Crippen molar-refractivity contribution in [2.45, 2.75) is 31.7 Å². The van der Waals surface area contributed by atoms with Crippen LogP contribution in [0.25, 0.3) is 23.0 Å². The van der Waals surface area contributed by atoms with Crippen molar-refractivity contribution in [2.75, 3.05) is 17.7 Å². The van der Waals surface area contributed by atoms with Crippen molar-refractivity contribution < 1.29 is 19.1 Å². The third-order valence-electron chi connectivity index (χ3n) is 6.39. The molecule has 13 nitrogen and oxygen atoms in total. The van der Waals surface area contributed by atoms with E-state index in [9.17, 15) is 14.4 Å². The van der Waals surface area contributed by atoms with Crippen molar-refractivity contribution in [2.24, 2.45) is 0 Å². The first-order valence-electron chi connectivity index (χ1n) is 12.8. The van der Waals surface area contributed by atoms with Gasteiger partial charge in [-0.2, -0.15) is 4.68 Å². The number of hydrogen-bond acceptors (Lipinski definition) is 8. The third-order valence-corrected chi connectivity index (χ3v) is 6.63. The number of rotatable bonds is 5. The predicted octanol–water partition coefficient (Wildman–Crippen LogP) is 4.27. The molecule has 0 fully saturated rings. The van der Waals surface area contributed by atoms with E-state index in [1.165, 1.54) is 24.2 Å². The Bertz CT molecular complexity index is 1600. The molecule has 2 aromatic heterocycles. The molecule has 0 aliphatic carbocycles. The fraction of sp³-hybridized carbons (Fsp3) is 0.222. The highest BCUT2D eigenvalue weighted by Gasteiger charge is 2.21. The van der Waals surface area contributed by atoms with E-state index in [1.54, 1.807) is 48.7 Å². The Kier molecular flexibility index (Phi) is 8.34. The topological polar surface area (TPSA) is 169 Å². The van der Waals surface area contributed by atoms with Crippen LogP contribution in [0, 0.1) is 0 Å². The van der Waals surface area contributed by atoms with Gasteiger partial charge in [0.2, 0.25) is 11.8 Å². The van der Waals surface area contributed by atoms with Crippen molar-refractivity contribution in [1.29, 1.82) is 0 Å². The van der Waals surface area contributed by atoms with Gasteiger partial charge in [-0.05, 0) is 65.7 Å². The van der Waals surface area contributed by atoms with Gasteiger partial charge in [-0.25, -0.2) is 9.78 Å². The average molecular weight is 576 g/mol. The lowest BCUT2D eigenvalue weighted by atomic mass is 10.1. The summed E-state index contributed by atoms with van der Waals surface area (Å²) >= 11 is 6.19. The average Bonchev–Trinajstić information content (AvgIpc) is 3.66. The van der Waals surface area contributed by atoms with Gasteiger partial charge >= 0.3 is 6.09 Å². The predicted molar refractivity (Wildman–Crippen MR) is 151 cm³/mol. The molecule has 1 aliphatic rings. The largest absolute Gasteiger partial charge is 0.453 e. The van der Waals surface area contributed by atoms with E-state index in [0.29, 0.717) is 70.4 Å². The van der Waals surface area contributed by atoms with Gasteiger partial charge in [-0.3, -0.25) is 14.9 Å². The van der Waals surface area contributed by atoms with Crippen molar-refractivity contribution in [1.82, 2.24) is 35.5 Å². The molecule has 1 unspecified atom stereocenters. The minimum atomic E-state index is -0.624. The summed E-state index contributed by atoms with van der Waals surface area (Å²) in [5.41, 5.74) is 3.48. The lowest BCUT2D eigenvalue weighted by Gasteiger charge is -2.17. The maximum Gasteiger partial charge on any atom is 0.411 e. The Labute approximate surface area is 239 Å². The summed E-state index contributed by atoms with van der Waals surface area (Å²) < 4.78 is 6.14. The molecule has 2 aromatic carbocycles. The maximum absolute atomic E-state index is 13.0. The molecule has 0 radical (unpaired) electrons. The van der Waals surface area contributed by atoms with Gasteiger partial charge in [-0.1, -0.05) is 18.0 Å². The van der Waals surface area contributed by atoms with Crippen LogP contribution in [0.4, 0.5) is 16.2 Å². The molecule has 1 aliphatic heterocycles. The van der Waals surface area contributed by atoms with Crippen LogP contribution in [0.3, 0.4) is 0 Å². The lowest BCUT2D eigenvalue weighted by Crippen LogP contribution is -2.28. The van der Waals surface area contributed by atoms with E-state index in [4.69, 9.17) is 16.6 Å². The number of benzene rings is 2. The van der Waals surface area contributed by atoms with Crippen LogP contribution < -0.4 is 16.0 Å². The number of imidazole rings is 1. The number of tetrazole rings is 1. The van der Waals surface area contributed by atoms with Crippen molar-refractivity contribution in [3.8, 4) is 16.9 Å². The number of anilines is 2. The highest BCUT2D eigenvalue weighted by atomic mass is 35.5. The molecule has 3 heterocycles. The first-order valence-corrected chi connectivity index (χ1v) is 13.1. The summed E-state index contributed by atoms with van der Waals surface area (Å²) in [6.07, 6.45) is 7.74. The van der Waals surface area contributed by atoms with E-state index in [1.807, 2.05) is 0 Å². The number of halogens is 1. The van der Waals surface area contributed by atoms with E-state index >= 15 is 0 Å². The number of hydrogen-bond donors (Lipinski definition) is 4. The first kappa shape index (κ1) is 27.5. The molecule has 1 atom stereocenters. The zero-order valence-corrected chi connectivity index (χ0v) is 22.7. The number of nitrogens with one attached hydrogen (secondary N) is 4. The SMILES string of the molecule is COC(=O)Nc1ccc2c(c1)NC(=O)CCCCC(NC(=O)/C=C/c1cc(Cl)ccc1-n1cnnn1)c1nc-2c[nH]1. The van der Waals surface area contributed by atoms with Crippen LogP contribution in [-0.4, -0.2) is 55.2 Å². The summed E-state index contributed by atoms with van der Waals surface area (Å²) in [4.78, 5) is 45.3. The van der Waals surface area contributed by atoms with Crippen LogP contribution in [0.15, 0.2) is 55.0 Å². The Morgan fingerprint density at radius 2 is 2.07 bits per heavy atom. The van der Waals surface area contributed by atoms with E-state index in [0.717, 1.165) is 0 Å². The number of carbonyl (C=O) groups excluding carboxylic acids is 3. The molecule has 0 saturated carbocycles. The quantitative estimate of drug-likeness (QED) is 0.256. The Balaban J connectivity index is 1.38. The maximum atomic E-state index is 13.0. The minimum absolute atomic E-state index is 0.166. The summed E-state index contributed by atoms with van der Waals surface area (Å²) in [6, 6.07) is 9.84. The van der Waals surface area contributed by atoms with Crippen molar-refractivity contribution in [3.63, 3.8) is 0 Å². The smallest absolute Gasteiger partial charge is 0.411 e. The van der Waals surface area contributed by atoms with Crippen LogP contribution in [0.1, 0.15) is 43.1 Å². The van der Waals surface area contributed by atoms with Gasteiger partial charge in [0.05, 0.1) is 30.2 Å². The van der Waals surface area contributed by atoms with Crippen LogP contribution >= 0.6 is 11.6 Å². The number of amides is 3. The zero-order valence-electron chi connectivity index (χ0n) is 21.9. The number of H-pyrrole nitrogens is 1. The van der Waals surface area contributed by atoms with Crippen LogP contribution in [-0.2, 0) is 14.3 Å². The normalized spacial score (nSPS) is 15.3. The van der Waals surface area contributed by atoms with Crippen molar-refractivity contribution in [3.05, 3.63) is 71.4 Å². The number of nitrogens with zero attached hydrogens (tertiary/aromatic N) is 5. The molecule has 210 valence electrons. The number of fused-ring (bicyclic) bond motifs is 4. The first-order chi connectivity index (χ1) is 19.9. The Morgan fingerprint density at radius 3 is 2.88 bits per heavy atom. The summed E-state index contributed by atoms with van der Waals surface area (Å²) in [5, 5.41) is 20.3. The molecular weight excluding hydrogens is 550 g/mol. The molecule has 4 N–H and O–H groups in total. The fourth-order valence-electron chi connectivity index (χ4n) is 4.42. The molecule has 4 aromatic rings. The Morgan fingerprint density at radius 1 is 1.20 bits per heavy atom. The van der Waals surface area contributed by atoms with Gasteiger partial charge in [-0.15, -0.1) is 5.10 Å². The summed E-state index contributed by atoms with van der Waals surface area (Å²) in [5.74, 6) is 0.0779. The number of ether oxygens (including phenoxy) is 1. The highest BCUT2D eigenvalue weighted by molar-refractivity contribution is 6.30. The van der Waals surface area contributed by atoms with E-state index < -0.39 is 12.1 Å². The third kappa shape index (κ3) is 6.76. The van der Waals surface area contributed by atoms with Gasteiger partial charge < -0.3 is 20.4 Å². The van der Waals surface area contributed by atoms with Gasteiger partial charge in [0, 0.05) is 40.5 Å². The molecule has 14 heteroatoms. The Hall–Kier alpha value is -5.04. The molecule has 41 heavy (non-hydrogen) atoms. The second-order valence-electron chi connectivity index (χ2n) is 9.19. The summed E-state index contributed by atoms with van der Waals surface area (Å²) in [7, 11) is 1.27. The second-order valence-corrected chi connectivity index (χ2v) is 9.63. The highest BCUT2D eigenvalue weighted by Crippen LogP contribution is 2.32. The molecule has 3 amide bonds. The van der Waals surface area contributed by atoms with E-state index in [2.05, 4.69) is 41.2 Å². The van der Waals surface area contributed by atoms with Crippen LogP contribution in [0.2, 0.25) is 5.02 Å². The standard InChI is InChI=1S/C27H26ClN9O4/c1-41-27(40)31-18-8-9-19-21(13-18)33-24(38)5-3-2-4-20(26-29-14-22(19)34-26)32-25(39)11-6-16-12-17(28)7-10-23(16)37-15-30-35-36-37/h6-15,20H,2-5H2,1H3,(H,29,34)(H,31,40)(H,32,39)(H,33,38)/b11-6+. The molecule has 0 spiro atoms. The molecular formula is C27H26ClN9O4. The second kappa shape index (κ2) is 12.4. The molecule has 2 bridgehead atoms. The minimum Gasteiger partial charge on any atom is -0.453 e. The number of methoxy groups -OCH3 is 1. The molecule has 5 rings (SSSR count). The number of aromatic amines is 1. The zero-order chi connectivity index (χ0) is 28.8. The van der Waals surface area contributed by atoms with Gasteiger partial charge in [0.25, 0.3) is 0 Å². The van der Waals surface area contributed by atoms with Gasteiger partial charge in [0.15, 0.2) is 0 Å². The molecule has 0 saturated heterocycles. The van der Waals surface area contributed by atoms with Crippen molar-refractivity contribution >= 4 is 47.0 Å². The fourth-order valence-corrected chi connectivity index (χ4v) is 4.60. The number of aromatic nitrogens is 6. The van der Waals surface area contributed by atoms with Crippen LogP contribution in [0.5, 0.6) is 0 Å².